The lowest BCUT2D eigenvalue weighted by atomic mass is 9.80. The van der Waals surface area contributed by atoms with Crippen molar-refractivity contribution in [3.63, 3.8) is 0 Å². The molecule has 0 spiro atoms. The van der Waals surface area contributed by atoms with Crippen LogP contribution in [0, 0.1) is 0 Å². The molecular weight excluding hydrogens is 336 g/mol. The standard InChI is InChI=1S/C24H22O3/c1-26-23(25)18-11-19-27-24(20-12-5-2-6-13-20,21-14-7-3-8-15-21)22-16-9-4-10-17-22/h2-18H,19H2,1H3/b18-11+. The van der Waals surface area contributed by atoms with Crippen molar-refractivity contribution in [1.82, 2.24) is 0 Å². The van der Waals surface area contributed by atoms with Crippen LogP contribution in [0.1, 0.15) is 16.7 Å². The molecular formula is C24H22O3. The zero-order valence-electron chi connectivity index (χ0n) is 15.2. The first-order valence-electron chi connectivity index (χ1n) is 8.82. The molecule has 136 valence electrons. The van der Waals surface area contributed by atoms with Crippen LogP contribution in [0.4, 0.5) is 0 Å². The van der Waals surface area contributed by atoms with E-state index in [4.69, 9.17) is 4.74 Å². The summed E-state index contributed by atoms with van der Waals surface area (Å²) in [6.45, 7) is 0.258. The van der Waals surface area contributed by atoms with Gasteiger partial charge < -0.3 is 9.47 Å². The molecule has 0 saturated heterocycles. The van der Waals surface area contributed by atoms with Crippen LogP contribution < -0.4 is 0 Å². The van der Waals surface area contributed by atoms with Crippen molar-refractivity contribution in [2.75, 3.05) is 13.7 Å². The second-order valence-electron chi connectivity index (χ2n) is 6.02. The van der Waals surface area contributed by atoms with Crippen LogP contribution >= 0.6 is 0 Å². The van der Waals surface area contributed by atoms with Gasteiger partial charge in [0, 0.05) is 6.08 Å². The molecule has 0 saturated carbocycles. The van der Waals surface area contributed by atoms with Gasteiger partial charge in [-0.05, 0) is 16.7 Å². The molecule has 3 aromatic rings. The Morgan fingerprint density at radius 2 is 1.19 bits per heavy atom. The van der Waals surface area contributed by atoms with Crippen molar-refractivity contribution >= 4 is 5.97 Å². The van der Waals surface area contributed by atoms with E-state index < -0.39 is 11.6 Å². The first kappa shape index (κ1) is 18.6. The van der Waals surface area contributed by atoms with E-state index in [0.29, 0.717) is 0 Å². The molecule has 0 heterocycles. The number of carbonyl (C=O) groups is 1. The Morgan fingerprint density at radius 3 is 1.56 bits per heavy atom. The minimum Gasteiger partial charge on any atom is -0.466 e. The minimum absolute atomic E-state index is 0.258. The van der Waals surface area contributed by atoms with Gasteiger partial charge >= 0.3 is 5.97 Å². The van der Waals surface area contributed by atoms with Crippen molar-refractivity contribution in [2.45, 2.75) is 5.60 Å². The molecule has 3 aromatic carbocycles. The van der Waals surface area contributed by atoms with Crippen molar-refractivity contribution in [3.05, 3.63) is 120 Å². The number of hydrogen-bond donors (Lipinski definition) is 0. The number of carbonyl (C=O) groups excluding carboxylic acids is 1. The molecule has 27 heavy (non-hydrogen) atoms. The second kappa shape index (κ2) is 8.97. The first-order chi connectivity index (χ1) is 13.3. The average molecular weight is 358 g/mol. The highest BCUT2D eigenvalue weighted by Gasteiger charge is 2.37. The summed E-state index contributed by atoms with van der Waals surface area (Å²) in [5.74, 6) is -0.400. The topological polar surface area (TPSA) is 35.5 Å². The third-order valence-corrected chi connectivity index (χ3v) is 4.39. The Morgan fingerprint density at radius 1 is 0.778 bits per heavy atom. The lowest BCUT2D eigenvalue weighted by molar-refractivity contribution is -0.134. The van der Waals surface area contributed by atoms with Crippen molar-refractivity contribution < 1.29 is 14.3 Å². The van der Waals surface area contributed by atoms with E-state index in [-0.39, 0.29) is 6.61 Å². The summed E-state index contributed by atoms with van der Waals surface area (Å²) in [5.41, 5.74) is 2.28. The first-order valence-corrected chi connectivity index (χ1v) is 8.82. The largest absolute Gasteiger partial charge is 0.466 e. The molecule has 0 bridgehead atoms. The summed E-state index contributed by atoms with van der Waals surface area (Å²) in [5, 5.41) is 0. The van der Waals surface area contributed by atoms with Crippen molar-refractivity contribution in [3.8, 4) is 0 Å². The van der Waals surface area contributed by atoms with Gasteiger partial charge in [-0.15, -0.1) is 0 Å². The zero-order chi connectivity index (χ0) is 19.0. The Balaban J connectivity index is 2.11. The fraction of sp³-hybridized carbons (Fsp3) is 0.125. The number of rotatable bonds is 7. The molecule has 0 aliphatic rings. The molecule has 0 aliphatic carbocycles. The molecule has 0 radical (unpaired) electrons. The number of ether oxygens (including phenoxy) is 2. The Bertz CT molecular complexity index is 775. The van der Waals surface area contributed by atoms with Gasteiger partial charge in [0.2, 0.25) is 0 Å². The molecule has 0 atom stereocenters. The molecule has 3 rings (SSSR count). The van der Waals surface area contributed by atoms with Crippen molar-refractivity contribution in [2.24, 2.45) is 0 Å². The van der Waals surface area contributed by atoms with Gasteiger partial charge in [-0.1, -0.05) is 97.1 Å². The Labute approximate surface area is 159 Å². The van der Waals surface area contributed by atoms with E-state index in [9.17, 15) is 4.79 Å². The van der Waals surface area contributed by atoms with E-state index in [2.05, 4.69) is 41.1 Å². The predicted molar refractivity (Wildman–Crippen MR) is 106 cm³/mol. The molecule has 0 fully saturated rings. The van der Waals surface area contributed by atoms with E-state index in [0.717, 1.165) is 16.7 Å². The monoisotopic (exact) mass is 358 g/mol. The summed E-state index contributed by atoms with van der Waals surface area (Å²) >= 11 is 0. The number of hydrogen-bond acceptors (Lipinski definition) is 3. The van der Waals surface area contributed by atoms with E-state index in [1.807, 2.05) is 54.6 Å². The van der Waals surface area contributed by atoms with Crippen LogP contribution in [0.25, 0.3) is 0 Å². The van der Waals surface area contributed by atoms with E-state index in [1.165, 1.54) is 13.2 Å². The summed E-state index contributed by atoms with van der Waals surface area (Å²) < 4.78 is 11.1. The normalized spacial score (nSPS) is 11.4. The summed E-state index contributed by atoms with van der Waals surface area (Å²) in [6, 6.07) is 30.3. The van der Waals surface area contributed by atoms with E-state index >= 15 is 0 Å². The molecule has 0 aromatic heterocycles. The molecule has 0 aliphatic heterocycles. The van der Waals surface area contributed by atoms with Gasteiger partial charge in [-0.2, -0.15) is 0 Å². The summed E-state index contributed by atoms with van der Waals surface area (Å²) in [7, 11) is 1.36. The maximum Gasteiger partial charge on any atom is 0.330 e. The number of methoxy groups -OCH3 is 1. The fourth-order valence-corrected chi connectivity index (χ4v) is 3.15. The van der Waals surface area contributed by atoms with E-state index in [1.54, 1.807) is 6.08 Å². The van der Waals surface area contributed by atoms with Crippen LogP contribution in [0.5, 0.6) is 0 Å². The van der Waals surface area contributed by atoms with Gasteiger partial charge in [0.25, 0.3) is 0 Å². The third-order valence-electron chi connectivity index (χ3n) is 4.39. The lowest BCUT2D eigenvalue weighted by Gasteiger charge is -2.35. The Hall–Kier alpha value is -3.17. The van der Waals surface area contributed by atoms with Crippen molar-refractivity contribution in [1.29, 1.82) is 0 Å². The van der Waals surface area contributed by atoms with Crippen LogP contribution in [-0.2, 0) is 19.9 Å². The smallest absolute Gasteiger partial charge is 0.330 e. The molecule has 3 heteroatoms. The van der Waals surface area contributed by atoms with Crippen LogP contribution in [0.15, 0.2) is 103 Å². The van der Waals surface area contributed by atoms with Gasteiger partial charge in [-0.25, -0.2) is 4.79 Å². The maximum absolute atomic E-state index is 11.4. The average Bonchev–Trinajstić information content (AvgIpc) is 2.75. The van der Waals surface area contributed by atoms with Crippen LogP contribution in [0.3, 0.4) is 0 Å². The second-order valence-corrected chi connectivity index (χ2v) is 6.02. The Kier molecular flexibility index (Phi) is 6.18. The van der Waals surface area contributed by atoms with Gasteiger partial charge in [0.05, 0.1) is 13.7 Å². The molecule has 0 N–H and O–H groups in total. The summed E-state index contributed by atoms with van der Waals surface area (Å²) in [6.07, 6.45) is 3.06. The highest BCUT2D eigenvalue weighted by Crippen LogP contribution is 2.40. The predicted octanol–water partition coefficient (Wildman–Crippen LogP) is 4.72. The lowest BCUT2D eigenvalue weighted by Crippen LogP contribution is -2.33. The maximum atomic E-state index is 11.4. The fourth-order valence-electron chi connectivity index (χ4n) is 3.15. The molecule has 0 amide bonds. The third kappa shape index (κ3) is 4.15. The SMILES string of the molecule is COC(=O)/C=C/COC(c1ccccc1)(c1ccccc1)c1ccccc1. The molecule has 0 unspecified atom stereocenters. The van der Waals surface area contributed by atoms with Gasteiger partial charge in [0.1, 0.15) is 5.60 Å². The number of esters is 1. The highest BCUT2D eigenvalue weighted by molar-refractivity contribution is 5.81. The van der Waals surface area contributed by atoms with Gasteiger partial charge in [-0.3, -0.25) is 0 Å². The van der Waals surface area contributed by atoms with Gasteiger partial charge in [0.15, 0.2) is 0 Å². The quantitative estimate of drug-likeness (QED) is 0.348. The van der Waals surface area contributed by atoms with Crippen LogP contribution in [-0.4, -0.2) is 19.7 Å². The zero-order valence-corrected chi connectivity index (χ0v) is 15.2. The highest BCUT2D eigenvalue weighted by atomic mass is 16.5. The number of benzene rings is 3. The minimum atomic E-state index is -0.787. The summed E-state index contributed by atoms with van der Waals surface area (Å²) in [4.78, 5) is 11.4. The molecule has 3 nitrogen and oxygen atoms in total. The van der Waals surface area contributed by atoms with Crippen LogP contribution in [0.2, 0.25) is 0 Å².